The molecule has 0 spiro atoms. The van der Waals surface area contributed by atoms with Gasteiger partial charge in [0, 0.05) is 10.0 Å². The third-order valence-electron chi connectivity index (χ3n) is 2.21. The van der Waals surface area contributed by atoms with Crippen molar-refractivity contribution in [3.8, 4) is 5.75 Å². The second kappa shape index (κ2) is 6.99. The molecule has 0 heterocycles. The molecule has 4 heteroatoms. The van der Waals surface area contributed by atoms with Gasteiger partial charge in [-0.2, -0.15) is 0 Å². The first-order chi connectivity index (χ1) is 8.00. The third kappa shape index (κ3) is 5.06. The van der Waals surface area contributed by atoms with Crippen LogP contribution in [0.1, 0.15) is 32.4 Å². The van der Waals surface area contributed by atoms with E-state index in [-0.39, 0.29) is 6.10 Å². The highest BCUT2D eigenvalue weighted by Crippen LogP contribution is 2.28. The molecule has 0 aliphatic heterocycles. The Hall–Kier alpha value is -0.580. The van der Waals surface area contributed by atoms with Crippen LogP contribution in [0.5, 0.6) is 5.75 Å². The molecule has 1 rings (SSSR count). The van der Waals surface area contributed by atoms with Crippen molar-refractivity contribution in [2.75, 3.05) is 13.2 Å². The number of aliphatic hydroxyl groups excluding tert-OH is 1. The van der Waals surface area contributed by atoms with E-state index in [1.807, 2.05) is 32.0 Å². The van der Waals surface area contributed by atoms with Gasteiger partial charge in [0.2, 0.25) is 0 Å². The van der Waals surface area contributed by atoms with Crippen LogP contribution in [-0.2, 0) is 4.74 Å². The lowest BCUT2D eigenvalue weighted by Crippen LogP contribution is -2.12. The van der Waals surface area contributed by atoms with Crippen LogP contribution in [0.4, 0.5) is 0 Å². The third-order valence-corrected chi connectivity index (χ3v) is 2.71. The van der Waals surface area contributed by atoms with Crippen molar-refractivity contribution in [1.29, 1.82) is 0 Å². The molecule has 0 bridgehead atoms. The predicted octanol–water partition coefficient (Wildman–Crippen LogP) is 3.31. The maximum atomic E-state index is 9.64. The normalized spacial score (nSPS) is 12.8. The molecular formula is C13H19BrO3. The summed E-state index contributed by atoms with van der Waals surface area (Å²) in [6, 6.07) is 5.61. The van der Waals surface area contributed by atoms with Gasteiger partial charge >= 0.3 is 0 Å². The zero-order valence-corrected chi connectivity index (χ0v) is 12.0. The first-order valence-corrected chi connectivity index (χ1v) is 6.52. The van der Waals surface area contributed by atoms with Crippen molar-refractivity contribution in [2.24, 2.45) is 0 Å². The summed E-state index contributed by atoms with van der Waals surface area (Å²) in [7, 11) is 0. The van der Waals surface area contributed by atoms with E-state index in [4.69, 9.17) is 9.47 Å². The van der Waals surface area contributed by atoms with Crippen LogP contribution in [0.3, 0.4) is 0 Å². The lowest BCUT2D eigenvalue weighted by atomic mass is 10.1. The van der Waals surface area contributed by atoms with Gasteiger partial charge in [-0.3, -0.25) is 0 Å². The summed E-state index contributed by atoms with van der Waals surface area (Å²) >= 11 is 3.37. The molecule has 3 nitrogen and oxygen atoms in total. The van der Waals surface area contributed by atoms with Gasteiger partial charge in [0.05, 0.1) is 18.8 Å². The van der Waals surface area contributed by atoms with Crippen LogP contribution in [0, 0.1) is 0 Å². The van der Waals surface area contributed by atoms with E-state index < -0.39 is 6.10 Å². The number of ether oxygens (including phenoxy) is 2. The Balaban J connectivity index is 2.58. The molecule has 0 aromatic heterocycles. The molecule has 17 heavy (non-hydrogen) atoms. The van der Waals surface area contributed by atoms with Crippen molar-refractivity contribution in [1.82, 2.24) is 0 Å². The van der Waals surface area contributed by atoms with Gasteiger partial charge in [-0.1, -0.05) is 15.9 Å². The highest BCUT2D eigenvalue weighted by molar-refractivity contribution is 9.10. The van der Waals surface area contributed by atoms with E-state index in [1.165, 1.54) is 0 Å². The fraction of sp³-hybridized carbons (Fsp3) is 0.538. The quantitative estimate of drug-likeness (QED) is 0.820. The van der Waals surface area contributed by atoms with Crippen molar-refractivity contribution in [3.63, 3.8) is 0 Å². The summed E-state index contributed by atoms with van der Waals surface area (Å²) < 4.78 is 11.9. The molecule has 0 aliphatic carbocycles. The van der Waals surface area contributed by atoms with Gasteiger partial charge in [-0.05, 0) is 39.0 Å². The average Bonchev–Trinajstić information content (AvgIpc) is 2.25. The first-order valence-electron chi connectivity index (χ1n) is 5.72. The van der Waals surface area contributed by atoms with E-state index >= 15 is 0 Å². The van der Waals surface area contributed by atoms with Gasteiger partial charge < -0.3 is 14.6 Å². The van der Waals surface area contributed by atoms with Gasteiger partial charge in [0.25, 0.3) is 0 Å². The lowest BCUT2D eigenvalue weighted by molar-refractivity contribution is 0.0543. The minimum absolute atomic E-state index is 0.208. The average molecular weight is 303 g/mol. The molecule has 96 valence electrons. The van der Waals surface area contributed by atoms with Crippen LogP contribution in [0.15, 0.2) is 22.7 Å². The van der Waals surface area contributed by atoms with Gasteiger partial charge in [-0.15, -0.1) is 0 Å². The maximum Gasteiger partial charge on any atom is 0.125 e. The van der Waals surface area contributed by atoms with Gasteiger partial charge in [0.15, 0.2) is 0 Å². The Morgan fingerprint density at radius 1 is 1.24 bits per heavy atom. The summed E-state index contributed by atoms with van der Waals surface area (Å²) in [5, 5.41) is 9.64. The Kier molecular flexibility index (Phi) is 5.95. The maximum absolute atomic E-state index is 9.64. The Labute approximate surface area is 111 Å². The minimum Gasteiger partial charge on any atom is -0.491 e. The number of rotatable bonds is 6. The standard InChI is InChI=1S/C13H19BrO3/c1-9(2)16-6-7-17-13-5-4-11(14)8-12(13)10(3)15/h4-5,8-10,15H,6-7H2,1-3H3/t10-/m0/s1. The van der Waals surface area contributed by atoms with Crippen LogP contribution in [-0.4, -0.2) is 24.4 Å². The Bertz CT molecular complexity index is 351. The summed E-state index contributed by atoms with van der Waals surface area (Å²) in [5.41, 5.74) is 0.781. The van der Waals surface area contributed by atoms with Crippen LogP contribution < -0.4 is 4.74 Å². The minimum atomic E-state index is -0.548. The fourth-order valence-electron chi connectivity index (χ4n) is 1.41. The fourth-order valence-corrected chi connectivity index (χ4v) is 1.79. The first kappa shape index (κ1) is 14.5. The molecular weight excluding hydrogens is 284 g/mol. The number of hydrogen-bond acceptors (Lipinski definition) is 3. The molecule has 1 N–H and O–H groups in total. The topological polar surface area (TPSA) is 38.7 Å². The molecule has 0 saturated carbocycles. The highest BCUT2D eigenvalue weighted by Gasteiger charge is 2.09. The van der Waals surface area contributed by atoms with Crippen molar-refractivity contribution in [2.45, 2.75) is 33.0 Å². The highest BCUT2D eigenvalue weighted by atomic mass is 79.9. The smallest absolute Gasteiger partial charge is 0.125 e. The summed E-state index contributed by atoms with van der Waals surface area (Å²) in [5.74, 6) is 0.704. The van der Waals surface area contributed by atoms with Crippen LogP contribution >= 0.6 is 15.9 Å². The predicted molar refractivity (Wildman–Crippen MR) is 71.4 cm³/mol. The summed E-state index contributed by atoms with van der Waals surface area (Å²) in [6.07, 6.45) is -0.340. The van der Waals surface area contributed by atoms with E-state index in [0.717, 1.165) is 10.0 Å². The summed E-state index contributed by atoms with van der Waals surface area (Å²) in [4.78, 5) is 0. The molecule has 1 aromatic carbocycles. The molecule has 0 unspecified atom stereocenters. The van der Waals surface area contributed by atoms with E-state index in [2.05, 4.69) is 15.9 Å². The zero-order chi connectivity index (χ0) is 12.8. The molecule has 0 fully saturated rings. The Morgan fingerprint density at radius 2 is 1.94 bits per heavy atom. The molecule has 0 saturated heterocycles. The van der Waals surface area contributed by atoms with Crippen molar-refractivity contribution >= 4 is 15.9 Å². The second-order valence-electron chi connectivity index (χ2n) is 4.13. The van der Waals surface area contributed by atoms with Crippen LogP contribution in [0.25, 0.3) is 0 Å². The number of benzene rings is 1. The SMILES string of the molecule is CC(C)OCCOc1ccc(Br)cc1[C@H](C)O. The second-order valence-corrected chi connectivity index (χ2v) is 5.04. The molecule has 0 aliphatic rings. The molecule has 0 radical (unpaired) electrons. The number of aliphatic hydroxyl groups is 1. The van der Waals surface area contributed by atoms with E-state index in [1.54, 1.807) is 6.92 Å². The molecule has 1 aromatic rings. The van der Waals surface area contributed by atoms with E-state index in [9.17, 15) is 5.11 Å². The largest absolute Gasteiger partial charge is 0.491 e. The van der Waals surface area contributed by atoms with E-state index in [0.29, 0.717) is 19.0 Å². The molecule has 1 atom stereocenters. The number of hydrogen-bond donors (Lipinski definition) is 1. The Morgan fingerprint density at radius 3 is 2.53 bits per heavy atom. The molecule has 0 amide bonds. The number of halogens is 1. The van der Waals surface area contributed by atoms with Gasteiger partial charge in [-0.25, -0.2) is 0 Å². The monoisotopic (exact) mass is 302 g/mol. The van der Waals surface area contributed by atoms with Crippen molar-refractivity contribution in [3.05, 3.63) is 28.2 Å². The van der Waals surface area contributed by atoms with Crippen LogP contribution in [0.2, 0.25) is 0 Å². The summed E-state index contributed by atoms with van der Waals surface area (Å²) in [6.45, 7) is 6.73. The zero-order valence-electron chi connectivity index (χ0n) is 10.4. The van der Waals surface area contributed by atoms with Gasteiger partial charge in [0.1, 0.15) is 12.4 Å². The lowest BCUT2D eigenvalue weighted by Gasteiger charge is -2.14. The van der Waals surface area contributed by atoms with Crippen molar-refractivity contribution < 1.29 is 14.6 Å².